The molecule has 1 aromatic carbocycles. The van der Waals surface area contributed by atoms with Gasteiger partial charge in [-0.3, -0.25) is 4.79 Å². The Balaban J connectivity index is 1.54. The molecule has 0 bridgehead atoms. The molecule has 0 spiro atoms. The van der Waals surface area contributed by atoms with E-state index < -0.39 is 0 Å². The van der Waals surface area contributed by atoms with Crippen LogP contribution >= 0.6 is 0 Å². The molecular weight excluding hydrogens is 280 g/mol. The van der Waals surface area contributed by atoms with Crippen LogP contribution in [0.5, 0.6) is 0 Å². The molecule has 22 heavy (non-hydrogen) atoms. The zero-order valence-electron chi connectivity index (χ0n) is 12.2. The number of carbonyl (C=O) groups is 1. The van der Waals surface area contributed by atoms with Crippen LogP contribution in [-0.4, -0.2) is 27.4 Å². The van der Waals surface area contributed by atoms with Crippen LogP contribution in [0.1, 0.15) is 21.8 Å². The second kappa shape index (κ2) is 6.26. The summed E-state index contributed by atoms with van der Waals surface area (Å²) in [6.07, 6.45) is 4.47. The fraction of sp³-hybridized carbons (Fsp3) is 0.188. The molecule has 1 N–H and O–H groups in total. The highest BCUT2D eigenvalue weighted by molar-refractivity contribution is 5.92. The smallest absolute Gasteiger partial charge is 0.273 e. The summed E-state index contributed by atoms with van der Waals surface area (Å²) in [5, 5.41) is 10.8. The molecule has 2 aromatic heterocycles. The number of benzene rings is 1. The Morgan fingerprint density at radius 2 is 2.14 bits per heavy atom. The highest BCUT2D eigenvalue weighted by atomic mass is 16.5. The summed E-state index contributed by atoms with van der Waals surface area (Å²) in [7, 11) is 0. The van der Waals surface area contributed by atoms with Gasteiger partial charge in [0.1, 0.15) is 5.76 Å². The predicted molar refractivity (Wildman–Crippen MR) is 80.8 cm³/mol. The summed E-state index contributed by atoms with van der Waals surface area (Å²) < 4.78 is 6.70. The van der Waals surface area contributed by atoms with Crippen LogP contribution < -0.4 is 5.32 Å². The largest absolute Gasteiger partial charge is 0.361 e. The van der Waals surface area contributed by atoms with Crippen molar-refractivity contribution in [3.05, 3.63) is 65.8 Å². The molecule has 3 aromatic rings. The molecule has 0 aliphatic carbocycles. The molecule has 1 amide bonds. The van der Waals surface area contributed by atoms with E-state index in [1.165, 1.54) is 0 Å². The quantitative estimate of drug-likeness (QED) is 0.783. The van der Waals surface area contributed by atoms with Crippen molar-refractivity contribution in [3.63, 3.8) is 0 Å². The Hall–Kier alpha value is -2.89. The molecule has 0 saturated carbocycles. The van der Waals surface area contributed by atoms with Gasteiger partial charge in [-0.1, -0.05) is 23.4 Å². The molecule has 3 rings (SSSR count). The third kappa shape index (κ3) is 3.22. The first-order valence-corrected chi connectivity index (χ1v) is 7.03. The lowest BCUT2D eigenvalue weighted by Gasteiger charge is -2.01. The summed E-state index contributed by atoms with van der Waals surface area (Å²) in [5.41, 5.74) is 2.37. The van der Waals surface area contributed by atoms with E-state index in [9.17, 15) is 4.79 Å². The first kappa shape index (κ1) is 14.1. The second-order valence-electron chi connectivity index (χ2n) is 4.96. The monoisotopic (exact) mass is 296 g/mol. The average molecular weight is 296 g/mol. The number of hydrogen-bond donors (Lipinski definition) is 1. The van der Waals surface area contributed by atoms with Gasteiger partial charge in [-0.2, -0.15) is 5.10 Å². The van der Waals surface area contributed by atoms with Gasteiger partial charge < -0.3 is 9.84 Å². The van der Waals surface area contributed by atoms with Crippen molar-refractivity contribution in [1.29, 1.82) is 0 Å². The number of amides is 1. The van der Waals surface area contributed by atoms with E-state index in [1.807, 2.05) is 41.2 Å². The van der Waals surface area contributed by atoms with Crippen molar-refractivity contribution >= 4 is 5.91 Å². The van der Waals surface area contributed by atoms with Crippen molar-refractivity contribution in [3.8, 4) is 5.69 Å². The van der Waals surface area contributed by atoms with Crippen LogP contribution in [0.3, 0.4) is 0 Å². The van der Waals surface area contributed by atoms with Crippen LogP contribution in [0.2, 0.25) is 0 Å². The van der Waals surface area contributed by atoms with Gasteiger partial charge in [0.2, 0.25) is 0 Å². The van der Waals surface area contributed by atoms with Crippen molar-refractivity contribution < 1.29 is 9.32 Å². The van der Waals surface area contributed by atoms with E-state index in [0.29, 0.717) is 24.4 Å². The SMILES string of the molecule is Cc1cc(C(=O)NCCc2cnn(-c3ccccc3)c2)no1. The fourth-order valence-electron chi connectivity index (χ4n) is 2.10. The van der Waals surface area contributed by atoms with Gasteiger partial charge in [0.05, 0.1) is 11.9 Å². The number of para-hydroxylation sites is 1. The van der Waals surface area contributed by atoms with Gasteiger partial charge in [-0.25, -0.2) is 4.68 Å². The summed E-state index contributed by atoms with van der Waals surface area (Å²) in [6, 6.07) is 11.5. The maximum atomic E-state index is 11.8. The minimum Gasteiger partial charge on any atom is -0.361 e. The van der Waals surface area contributed by atoms with E-state index in [0.717, 1.165) is 11.3 Å². The third-order valence-electron chi connectivity index (χ3n) is 3.22. The standard InChI is InChI=1S/C16H16N4O2/c1-12-9-15(19-22-12)16(21)17-8-7-13-10-18-20(11-13)14-5-3-2-4-6-14/h2-6,9-11H,7-8H2,1H3,(H,17,21). The Morgan fingerprint density at radius 1 is 1.32 bits per heavy atom. The van der Waals surface area contributed by atoms with Gasteiger partial charge in [0, 0.05) is 18.8 Å². The number of nitrogens with zero attached hydrogens (tertiary/aromatic N) is 3. The van der Waals surface area contributed by atoms with Gasteiger partial charge in [-0.15, -0.1) is 0 Å². The maximum Gasteiger partial charge on any atom is 0.273 e. The molecule has 0 unspecified atom stereocenters. The summed E-state index contributed by atoms with van der Waals surface area (Å²) in [6.45, 7) is 2.27. The van der Waals surface area contributed by atoms with E-state index in [-0.39, 0.29) is 5.91 Å². The maximum absolute atomic E-state index is 11.8. The molecule has 2 heterocycles. The number of carbonyl (C=O) groups excluding carboxylic acids is 1. The number of rotatable bonds is 5. The Bertz CT molecular complexity index is 761. The van der Waals surface area contributed by atoms with Gasteiger partial charge in [0.15, 0.2) is 5.69 Å². The van der Waals surface area contributed by atoms with Crippen molar-refractivity contribution in [2.24, 2.45) is 0 Å². The molecule has 112 valence electrons. The lowest BCUT2D eigenvalue weighted by Crippen LogP contribution is -2.25. The molecule has 0 aliphatic heterocycles. The zero-order chi connectivity index (χ0) is 15.4. The Kier molecular flexibility index (Phi) is 4.00. The van der Waals surface area contributed by atoms with Gasteiger partial charge in [-0.05, 0) is 31.0 Å². The highest BCUT2D eigenvalue weighted by Gasteiger charge is 2.10. The number of aromatic nitrogens is 3. The van der Waals surface area contributed by atoms with Crippen LogP contribution in [0, 0.1) is 6.92 Å². The molecule has 6 nitrogen and oxygen atoms in total. The van der Waals surface area contributed by atoms with Crippen LogP contribution in [0.15, 0.2) is 53.3 Å². The van der Waals surface area contributed by atoms with Crippen LogP contribution in [-0.2, 0) is 6.42 Å². The van der Waals surface area contributed by atoms with Gasteiger partial charge in [0.25, 0.3) is 5.91 Å². The van der Waals surface area contributed by atoms with Crippen molar-refractivity contribution in [2.45, 2.75) is 13.3 Å². The van der Waals surface area contributed by atoms with E-state index in [2.05, 4.69) is 15.6 Å². The lowest BCUT2D eigenvalue weighted by molar-refractivity contribution is 0.0945. The first-order chi connectivity index (χ1) is 10.7. The van der Waals surface area contributed by atoms with Crippen LogP contribution in [0.25, 0.3) is 5.69 Å². The molecule has 0 saturated heterocycles. The topological polar surface area (TPSA) is 73.0 Å². The molecule has 0 atom stereocenters. The Morgan fingerprint density at radius 3 is 2.86 bits per heavy atom. The molecular formula is C16H16N4O2. The minimum absolute atomic E-state index is 0.229. The third-order valence-corrected chi connectivity index (χ3v) is 3.22. The number of nitrogens with one attached hydrogen (secondary N) is 1. The van der Waals surface area contributed by atoms with Crippen molar-refractivity contribution in [2.75, 3.05) is 6.54 Å². The predicted octanol–water partition coefficient (Wildman–Crippen LogP) is 2.14. The van der Waals surface area contributed by atoms with Gasteiger partial charge >= 0.3 is 0 Å². The van der Waals surface area contributed by atoms with Crippen molar-refractivity contribution in [1.82, 2.24) is 20.3 Å². The molecule has 0 fully saturated rings. The fourth-order valence-corrected chi connectivity index (χ4v) is 2.10. The second-order valence-corrected chi connectivity index (χ2v) is 4.96. The average Bonchev–Trinajstić information content (AvgIpc) is 3.17. The van der Waals surface area contributed by atoms with E-state index in [1.54, 1.807) is 19.2 Å². The molecule has 0 radical (unpaired) electrons. The number of hydrogen-bond acceptors (Lipinski definition) is 4. The Labute approximate surface area is 127 Å². The molecule has 6 heteroatoms. The minimum atomic E-state index is -0.229. The first-order valence-electron chi connectivity index (χ1n) is 7.03. The summed E-state index contributed by atoms with van der Waals surface area (Å²) >= 11 is 0. The van der Waals surface area contributed by atoms with E-state index in [4.69, 9.17) is 4.52 Å². The zero-order valence-corrected chi connectivity index (χ0v) is 12.2. The van der Waals surface area contributed by atoms with Crippen LogP contribution in [0.4, 0.5) is 0 Å². The normalized spacial score (nSPS) is 10.6. The van der Waals surface area contributed by atoms with E-state index >= 15 is 0 Å². The highest BCUT2D eigenvalue weighted by Crippen LogP contribution is 2.08. The summed E-state index contributed by atoms with van der Waals surface area (Å²) in [5.74, 6) is 0.390. The molecule has 0 aliphatic rings. The number of aryl methyl sites for hydroxylation is 1. The summed E-state index contributed by atoms with van der Waals surface area (Å²) in [4.78, 5) is 11.8. The lowest BCUT2D eigenvalue weighted by atomic mass is 10.2.